The lowest BCUT2D eigenvalue weighted by Crippen LogP contribution is -2.57. The predicted molar refractivity (Wildman–Crippen MR) is 72.4 cm³/mol. The van der Waals surface area contributed by atoms with Crippen molar-refractivity contribution in [2.24, 2.45) is 0 Å². The zero-order chi connectivity index (χ0) is 31.3. The molecule has 0 aromatic heterocycles. The van der Waals surface area contributed by atoms with E-state index >= 15 is 0 Å². The van der Waals surface area contributed by atoms with Crippen LogP contribution in [0.1, 0.15) is 0 Å². The molecule has 27 heteroatoms. The van der Waals surface area contributed by atoms with Crippen molar-refractivity contribution >= 4 is 15.9 Å². The number of alkyl halides is 18. The molecule has 1 N–H and O–H groups in total. The Morgan fingerprint density at radius 3 is 1.08 bits per heavy atom. The summed E-state index contributed by atoms with van der Waals surface area (Å²) in [7, 11) is -6.64. The van der Waals surface area contributed by atoms with E-state index < -0.39 is 72.0 Å². The van der Waals surface area contributed by atoms with Crippen LogP contribution in [0, 0.1) is 0 Å². The maximum atomic E-state index is 12.6. The van der Waals surface area contributed by atoms with Crippen molar-refractivity contribution in [1.29, 1.82) is 0 Å². The fourth-order valence-corrected chi connectivity index (χ4v) is 1.08. The van der Waals surface area contributed by atoms with E-state index in [1.165, 1.54) is 0 Å². The Balaban J connectivity index is -0.000000239. The van der Waals surface area contributed by atoms with Gasteiger partial charge in [0.2, 0.25) is 6.93 Å². The smallest absolute Gasteiger partial charge is 0.267 e. The van der Waals surface area contributed by atoms with Crippen molar-refractivity contribution < 1.29 is 111 Å². The number of amides is 1. The molecule has 0 fully saturated rings. The molecule has 0 aromatic rings. The highest BCUT2D eigenvalue weighted by Crippen LogP contribution is 2.37. The van der Waals surface area contributed by atoms with Gasteiger partial charge in [-0.1, -0.05) is 0 Å². The molecule has 37 heavy (non-hydrogen) atoms. The Labute approximate surface area is 189 Å². The highest BCUT2D eigenvalue weighted by atomic mass is 32.2. The first-order chi connectivity index (χ1) is 16.0. The molecule has 0 aromatic carbocycles. The largest absolute Gasteiger partial charge is 0.516 e. The summed E-state index contributed by atoms with van der Waals surface area (Å²) in [5, 5.41) is 0. The number of carbonyl (C=O) groups is 1. The van der Waals surface area contributed by atoms with Crippen LogP contribution >= 0.6 is 0 Å². The van der Waals surface area contributed by atoms with Crippen molar-refractivity contribution in [3.63, 3.8) is 0 Å². The highest BCUT2D eigenvalue weighted by Gasteiger charge is 2.67. The zero-order valence-corrected chi connectivity index (χ0v) is 16.9. The third-order valence-corrected chi connectivity index (χ3v) is 3.23. The average Bonchev–Trinajstić information content (AvgIpc) is 2.70. The number of rotatable bonds is 5. The number of carbonyl (C=O) groups excluding carboxylic acids is 1. The van der Waals surface area contributed by atoms with E-state index in [0.717, 1.165) is 0 Å². The van der Waals surface area contributed by atoms with Gasteiger partial charge in [-0.25, -0.2) is 22.3 Å². The van der Waals surface area contributed by atoms with Crippen LogP contribution in [0.2, 0.25) is 0 Å². The standard InChI is InChI=1S/C4HF8NO4S.C3H2F6O.C2H2F4.CH2F2/c5-2(17-12,3(6,7)8)1(14)13-18(15,16)4(9,10)11;4-1-2(5,10-9)3(6,7)8;3-1-2(4,5)6;2-1-3/h(H,13,14);1H2;1H2;1H2. The summed E-state index contributed by atoms with van der Waals surface area (Å²) >= 11 is 0. The van der Waals surface area contributed by atoms with Gasteiger partial charge in [0.05, 0.1) is 0 Å². The van der Waals surface area contributed by atoms with E-state index in [1.54, 1.807) is 9.88 Å². The van der Waals surface area contributed by atoms with Crippen LogP contribution < -0.4 is 4.72 Å². The summed E-state index contributed by atoms with van der Waals surface area (Å²) in [5.41, 5.74) is -6.20. The monoisotopic (exact) mass is 633 g/mol. The molecule has 0 bridgehead atoms. The van der Waals surface area contributed by atoms with Gasteiger partial charge in [0.1, 0.15) is 0 Å². The second-order valence-corrected chi connectivity index (χ2v) is 6.51. The fraction of sp³-hybridized carbons (Fsp3) is 0.900. The van der Waals surface area contributed by atoms with Gasteiger partial charge in [-0.2, -0.15) is 69.9 Å². The minimum atomic E-state index is -6.64. The topological polar surface area (TPSA) is 81.7 Å². The summed E-state index contributed by atoms with van der Waals surface area (Å²) in [6.45, 7) is -6.58. The lowest BCUT2D eigenvalue weighted by Gasteiger charge is -2.21. The third kappa shape index (κ3) is 15.1. The summed E-state index contributed by atoms with van der Waals surface area (Å²) in [6, 6.07) is 0. The first kappa shape index (κ1) is 42.0. The Morgan fingerprint density at radius 1 is 0.649 bits per heavy atom. The summed E-state index contributed by atoms with van der Waals surface area (Å²) < 4.78 is 242. The number of hydrogen-bond donors (Lipinski definition) is 1. The lowest BCUT2D eigenvalue weighted by molar-refractivity contribution is -0.404. The van der Waals surface area contributed by atoms with E-state index in [-0.39, 0.29) is 4.72 Å². The Morgan fingerprint density at radius 2 is 0.973 bits per heavy atom. The van der Waals surface area contributed by atoms with Gasteiger partial charge >= 0.3 is 51.7 Å². The fourth-order valence-electron chi connectivity index (χ4n) is 0.593. The maximum Gasteiger partial charge on any atom is 0.516 e. The minimum absolute atomic E-state index is 0.357. The second kappa shape index (κ2) is 15.4. The molecule has 0 radical (unpaired) electrons. The zero-order valence-electron chi connectivity index (χ0n) is 16.1. The normalized spacial score (nSPS) is 15.8. The molecule has 0 aliphatic heterocycles. The summed E-state index contributed by atoms with van der Waals surface area (Å²) in [6.07, 6.45) is -16.7. The quantitative estimate of drug-likeness (QED) is 0.401. The predicted octanol–water partition coefficient (Wildman–Crippen LogP) is 5.57. The van der Waals surface area contributed by atoms with Crippen LogP contribution in [0.15, 0.2) is 0 Å². The molecule has 0 rings (SSSR count). The first-order valence-electron chi connectivity index (χ1n) is 7.08. The van der Waals surface area contributed by atoms with Crippen LogP contribution in [0.4, 0.5) is 88.1 Å². The summed E-state index contributed by atoms with van der Waals surface area (Å²) in [4.78, 5) is 13.7. The van der Waals surface area contributed by atoms with Crippen molar-refractivity contribution in [3.8, 4) is 0 Å². The van der Waals surface area contributed by atoms with Crippen LogP contribution in [0.3, 0.4) is 0 Å². The molecule has 2 atom stereocenters. The van der Waals surface area contributed by atoms with Crippen LogP contribution in [-0.2, 0) is 24.7 Å². The molecule has 1 amide bonds. The molecule has 228 valence electrons. The molecular formula is C10H7F20NO5S. The van der Waals surface area contributed by atoms with Gasteiger partial charge in [-0.05, 0) is 9.05 Å². The highest BCUT2D eigenvalue weighted by molar-refractivity contribution is 7.90. The van der Waals surface area contributed by atoms with Gasteiger partial charge < -0.3 is 0 Å². The van der Waals surface area contributed by atoms with Gasteiger partial charge in [0, 0.05) is 0 Å². The van der Waals surface area contributed by atoms with E-state index in [4.69, 9.17) is 0 Å². The number of hydrogen-bond acceptors (Lipinski definition) is 5. The molecule has 0 spiro atoms. The molecule has 0 heterocycles. The number of nitrogens with one attached hydrogen (secondary N) is 1. The molecular weight excluding hydrogens is 626 g/mol. The Hall–Kier alpha value is -2.06. The van der Waals surface area contributed by atoms with Crippen LogP contribution in [-0.4, -0.2) is 70.3 Å². The van der Waals surface area contributed by atoms with E-state index in [2.05, 4.69) is 0 Å². The summed E-state index contributed by atoms with van der Waals surface area (Å²) in [5.74, 6) is -14.2. The maximum absolute atomic E-state index is 12.6. The number of halogens is 20. The van der Waals surface area contributed by atoms with Crippen molar-refractivity contribution in [2.75, 3.05) is 20.3 Å². The number of sulfonamides is 1. The molecule has 0 saturated carbocycles. The molecule has 0 aliphatic carbocycles. The van der Waals surface area contributed by atoms with Crippen molar-refractivity contribution in [2.45, 2.75) is 35.7 Å². The van der Waals surface area contributed by atoms with Crippen molar-refractivity contribution in [3.05, 3.63) is 0 Å². The molecule has 0 saturated heterocycles. The van der Waals surface area contributed by atoms with Crippen molar-refractivity contribution in [1.82, 2.24) is 4.72 Å². The average molecular weight is 633 g/mol. The van der Waals surface area contributed by atoms with Gasteiger partial charge in [0.25, 0.3) is 0 Å². The van der Waals surface area contributed by atoms with E-state index in [9.17, 15) is 101 Å². The Kier molecular flexibility index (Phi) is 17.5. The molecule has 2 unspecified atom stereocenters. The van der Waals surface area contributed by atoms with Gasteiger partial charge in [-0.15, -0.1) is 9.88 Å². The second-order valence-electron chi connectivity index (χ2n) is 4.84. The van der Waals surface area contributed by atoms with E-state index in [0.29, 0.717) is 0 Å². The van der Waals surface area contributed by atoms with Crippen LogP contribution in [0.25, 0.3) is 0 Å². The molecule has 6 nitrogen and oxygen atoms in total. The minimum Gasteiger partial charge on any atom is -0.267 e. The van der Waals surface area contributed by atoms with E-state index in [1.807, 2.05) is 0 Å². The lowest BCUT2D eigenvalue weighted by atomic mass is 10.3. The van der Waals surface area contributed by atoms with Gasteiger partial charge in [-0.3, -0.25) is 4.79 Å². The van der Waals surface area contributed by atoms with Gasteiger partial charge in [0.15, 0.2) is 13.3 Å². The first-order valence-corrected chi connectivity index (χ1v) is 8.57. The molecule has 0 aliphatic rings. The SMILES string of the molecule is FCC(F)(F)F.FCC(F)(OF)C(F)(F)F.FCF.O=C(NS(=O)(=O)C(F)(F)F)C(F)(OF)C(F)(F)F. The van der Waals surface area contributed by atoms with Crippen LogP contribution in [0.5, 0.6) is 0 Å². The Bertz CT molecular complexity index is 741. The third-order valence-electron chi connectivity index (χ3n) is 2.16.